The fourth-order valence-corrected chi connectivity index (χ4v) is 3.49. The molecule has 116 valence electrons. The van der Waals surface area contributed by atoms with Crippen LogP contribution in [0, 0.1) is 0 Å². The van der Waals surface area contributed by atoms with E-state index < -0.39 is 5.72 Å². The summed E-state index contributed by atoms with van der Waals surface area (Å²) in [5, 5.41) is 13.2. The maximum absolute atomic E-state index is 11.9. The molecule has 3 unspecified atom stereocenters. The zero-order chi connectivity index (χ0) is 14.4. The van der Waals surface area contributed by atoms with E-state index in [1.807, 2.05) is 0 Å². The van der Waals surface area contributed by atoms with Crippen molar-refractivity contribution in [1.82, 2.24) is 5.32 Å². The van der Waals surface area contributed by atoms with Crippen molar-refractivity contribution in [3.05, 3.63) is 0 Å². The highest BCUT2D eigenvalue weighted by molar-refractivity contribution is 5.69. The molecule has 2 aliphatic rings. The summed E-state index contributed by atoms with van der Waals surface area (Å²) in [6, 6.07) is 0.320. The number of carbonyl (C=O) groups is 1. The van der Waals surface area contributed by atoms with Gasteiger partial charge in [-0.3, -0.25) is 10.1 Å². The van der Waals surface area contributed by atoms with E-state index in [2.05, 4.69) is 12.2 Å². The summed E-state index contributed by atoms with van der Waals surface area (Å²) in [4.78, 5) is 11.9. The average molecular weight is 283 g/mol. The molecule has 2 N–H and O–H groups in total. The predicted molar refractivity (Wildman–Crippen MR) is 78.2 cm³/mol. The van der Waals surface area contributed by atoms with E-state index >= 15 is 0 Å². The van der Waals surface area contributed by atoms with E-state index in [1.165, 1.54) is 25.7 Å². The number of ether oxygens (including phenoxy) is 1. The summed E-state index contributed by atoms with van der Waals surface area (Å²) in [6.07, 6.45) is 10.4. The van der Waals surface area contributed by atoms with E-state index in [4.69, 9.17) is 4.74 Å². The molecule has 0 aromatic rings. The minimum Gasteiger partial charge on any atom is -0.444 e. The van der Waals surface area contributed by atoms with Gasteiger partial charge in [-0.05, 0) is 19.3 Å². The molecule has 2 bridgehead atoms. The van der Waals surface area contributed by atoms with Crippen LogP contribution in [0.2, 0.25) is 0 Å². The number of aliphatic hydroxyl groups is 1. The lowest BCUT2D eigenvalue weighted by molar-refractivity contribution is -0.168. The maximum Gasteiger partial charge on any atom is 0.307 e. The quantitative estimate of drug-likeness (QED) is 0.531. The average Bonchev–Trinajstić information content (AvgIpc) is 2.69. The van der Waals surface area contributed by atoms with Crippen LogP contribution in [0.5, 0.6) is 0 Å². The van der Waals surface area contributed by atoms with Crippen molar-refractivity contribution >= 4 is 5.97 Å². The van der Waals surface area contributed by atoms with E-state index in [0.717, 1.165) is 32.1 Å². The van der Waals surface area contributed by atoms with Crippen LogP contribution in [0.3, 0.4) is 0 Å². The van der Waals surface area contributed by atoms with Crippen molar-refractivity contribution in [2.24, 2.45) is 0 Å². The molecular formula is C16H29NO3. The van der Waals surface area contributed by atoms with Gasteiger partial charge in [0.05, 0.1) is 6.10 Å². The highest BCUT2D eigenvalue weighted by atomic mass is 16.6. The Morgan fingerprint density at radius 3 is 2.85 bits per heavy atom. The van der Waals surface area contributed by atoms with Gasteiger partial charge in [0, 0.05) is 25.3 Å². The Bertz CT molecular complexity index is 321. The Kier molecular flexibility index (Phi) is 5.85. The Morgan fingerprint density at radius 2 is 2.05 bits per heavy atom. The Hall–Kier alpha value is -0.610. The van der Waals surface area contributed by atoms with Crippen molar-refractivity contribution in [2.75, 3.05) is 0 Å². The fourth-order valence-electron chi connectivity index (χ4n) is 3.49. The normalized spacial score (nSPS) is 32.3. The minimum atomic E-state index is -0.568. The molecule has 4 nitrogen and oxygen atoms in total. The van der Waals surface area contributed by atoms with E-state index in [9.17, 15) is 9.90 Å². The number of piperidine rings is 1. The third-order valence-corrected chi connectivity index (χ3v) is 4.53. The molecule has 0 saturated carbocycles. The zero-order valence-electron chi connectivity index (χ0n) is 12.7. The standard InChI is InChI=1S/C16H29NO3/c1-2-3-4-5-6-7-8-15(19)20-16-10-9-13(17-16)11-14(18)12-16/h13-14,17-18H,2-12H2,1H3. The van der Waals surface area contributed by atoms with Gasteiger partial charge in [-0.25, -0.2) is 0 Å². The van der Waals surface area contributed by atoms with Gasteiger partial charge in [-0.1, -0.05) is 39.0 Å². The van der Waals surface area contributed by atoms with Crippen LogP contribution >= 0.6 is 0 Å². The molecule has 2 rings (SSSR count). The van der Waals surface area contributed by atoms with Gasteiger partial charge >= 0.3 is 5.97 Å². The summed E-state index contributed by atoms with van der Waals surface area (Å²) >= 11 is 0. The Labute approximate surface area is 122 Å². The summed E-state index contributed by atoms with van der Waals surface area (Å²) in [5.74, 6) is -0.109. The molecule has 0 radical (unpaired) electrons. The van der Waals surface area contributed by atoms with Gasteiger partial charge in [-0.15, -0.1) is 0 Å². The number of unbranched alkanes of at least 4 members (excludes halogenated alkanes) is 5. The van der Waals surface area contributed by atoms with Crippen LogP contribution in [0.15, 0.2) is 0 Å². The first kappa shape index (κ1) is 15.8. The molecule has 2 saturated heterocycles. The molecule has 0 aromatic carbocycles. The molecule has 0 aromatic heterocycles. The summed E-state index contributed by atoms with van der Waals surface area (Å²) in [5.41, 5.74) is -0.568. The van der Waals surface area contributed by atoms with Crippen molar-refractivity contribution in [3.8, 4) is 0 Å². The van der Waals surface area contributed by atoms with Crippen molar-refractivity contribution in [3.63, 3.8) is 0 Å². The molecule has 2 fully saturated rings. The second kappa shape index (κ2) is 7.41. The number of hydrogen-bond donors (Lipinski definition) is 2. The molecule has 4 heteroatoms. The number of hydrogen-bond acceptors (Lipinski definition) is 4. The SMILES string of the molecule is CCCCCCCCC(=O)OC12CCC(CC(O)C1)N2. The lowest BCUT2D eigenvalue weighted by Crippen LogP contribution is -2.53. The summed E-state index contributed by atoms with van der Waals surface area (Å²) in [7, 11) is 0. The zero-order valence-corrected chi connectivity index (χ0v) is 12.7. The highest BCUT2D eigenvalue weighted by Crippen LogP contribution is 2.37. The number of esters is 1. The van der Waals surface area contributed by atoms with E-state index in [-0.39, 0.29) is 12.1 Å². The smallest absolute Gasteiger partial charge is 0.307 e. The molecule has 2 aliphatic heterocycles. The van der Waals surface area contributed by atoms with Gasteiger partial charge < -0.3 is 9.84 Å². The molecule has 20 heavy (non-hydrogen) atoms. The third kappa shape index (κ3) is 4.45. The van der Waals surface area contributed by atoms with Crippen molar-refractivity contribution in [2.45, 2.75) is 95.4 Å². The monoisotopic (exact) mass is 283 g/mol. The predicted octanol–water partition coefficient (Wildman–Crippen LogP) is 2.88. The molecule has 0 spiro atoms. The second-order valence-electron chi connectivity index (χ2n) is 6.46. The number of fused-ring (bicyclic) bond motifs is 2. The Morgan fingerprint density at radius 1 is 1.30 bits per heavy atom. The first-order valence-corrected chi connectivity index (χ1v) is 8.31. The summed E-state index contributed by atoms with van der Waals surface area (Å²) < 4.78 is 5.66. The lowest BCUT2D eigenvalue weighted by Gasteiger charge is -2.36. The maximum atomic E-state index is 11.9. The highest BCUT2D eigenvalue weighted by Gasteiger charge is 2.47. The first-order valence-electron chi connectivity index (χ1n) is 8.31. The topological polar surface area (TPSA) is 58.6 Å². The van der Waals surface area contributed by atoms with E-state index in [0.29, 0.717) is 18.9 Å². The summed E-state index contributed by atoms with van der Waals surface area (Å²) in [6.45, 7) is 2.21. The number of carbonyl (C=O) groups excluding carboxylic acids is 1. The van der Waals surface area contributed by atoms with Crippen molar-refractivity contribution < 1.29 is 14.6 Å². The van der Waals surface area contributed by atoms with Gasteiger partial charge in [0.2, 0.25) is 0 Å². The van der Waals surface area contributed by atoms with Crippen LogP contribution in [0.1, 0.15) is 77.6 Å². The van der Waals surface area contributed by atoms with Crippen LogP contribution in [-0.4, -0.2) is 28.9 Å². The van der Waals surface area contributed by atoms with Crippen LogP contribution in [-0.2, 0) is 9.53 Å². The molecular weight excluding hydrogens is 254 g/mol. The van der Waals surface area contributed by atoms with Crippen LogP contribution < -0.4 is 5.32 Å². The largest absolute Gasteiger partial charge is 0.444 e. The van der Waals surface area contributed by atoms with Gasteiger partial charge in [0.25, 0.3) is 0 Å². The third-order valence-electron chi connectivity index (χ3n) is 4.53. The van der Waals surface area contributed by atoms with Gasteiger partial charge in [0.1, 0.15) is 0 Å². The number of rotatable bonds is 8. The first-order chi connectivity index (χ1) is 9.63. The van der Waals surface area contributed by atoms with Crippen molar-refractivity contribution in [1.29, 1.82) is 0 Å². The van der Waals surface area contributed by atoms with Crippen LogP contribution in [0.25, 0.3) is 0 Å². The van der Waals surface area contributed by atoms with E-state index in [1.54, 1.807) is 0 Å². The molecule has 0 amide bonds. The number of aliphatic hydroxyl groups excluding tert-OH is 1. The van der Waals surface area contributed by atoms with Gasteiger partial charge in [0.15, 0.2) is 5.72 Å². The fraction of sp³-hybridized carbons (Fsp3) is 0.938. The second-order valence-corrected chi connectivity index (χ2v) is 6.46. The molecule has 0 aliphatic carbocycles. The molecule has 2 heterocycles. The molecule has 3 atom stereocenters. The van der Waals surface area contributed by atoms with Gasteiger partial charge in [-0.2, -0.15) is 0 Å². The minimum absolute atomic E-state index is 0.109. The number of nitrogens with one attached hydrogen (secondary N) is 1. The van der Waals surface area contributed by atoms with Crippen LogP contribution in [0.4, 0.5) is 0 Å². The lowest BCUT2D eigenvalue weighted by atomic mass is 9.99. The Balaban J connectivity index is 1.64.